The summed E-state index contributed by atoms with van der Waals surface area (Å²) in [4.78, 5) is 4.28. The minimum Gasteiger partial charge on any atom is -0.330 e. The van der Waals surface area contributed by atoms with E-state index in [2.05, 4.69) is 14.7 Å². The number of rotatable bonds is 3. The van der Waals surface area contributed by atoms with Crippen LogP contribution in [0.25, 0.3) is 0 Å². The number of anilines is 2. The highest BCUT2D eigenvalue weighted by molar-refractivity contribution is 7.98. The summed E-state index contributed by atoms with van der Waals surface area (Å²) < 4.78 is 4.16. The van der Waals surface area contributed by atoms with E-state index in [-0.39, 0.29) is 0 Å². The lowest BCUT2D eigenvalue weighted by Gasteiger charge is -1.99. The Morgan fingerprint density at radius 1 is 1.29 bits per heavy atom. The molecule has 5 heteroatoms. The van der Waals surface area contributed by atoms with Crippen molar-refractivity contribution in [3.63, 3.8) is 0 Å². The van der Waals surface area contributed by atoms with Crippen LogP contribution in [-0.4, -0.2) is 15.6 Å². The maximum Gasteiger partial charge on any atom is 0.207 e. The van der Waals surface area contributed by atoms with Crippen LogP contribution in [0.5, 0.6) is 0 Å². The highest BCUT2D eigenvalue weighted by atomic mass is 32.2. The summed E-state index contributed by atoms with van der Waals surface area (Å²) in [7, 11) is 0. The van der Waals surface area contributed by atoms with Crippen molar-refractivity contribution in [3.05, 3.63) is 30.3 Å². The monoisotopic (exact) mass is 223 g/mol. The highest BCUT2D eigenvalue weighted by Gasteiger charge is 2.01. The Hall–Kier alpha value is -1.07. The van der Waals surface area contributed by atoms with Crippen molar-refractivity contribution in [2.24, 2.45) is 0 Å². The molecule has 2 aromatic rings. The van der Waals surface area contributed by atoms with Gasteiger partial charge in [0.25, 0.3) is 0 Å². The summed E-state index contributed by atoms with van der Waals surface area (Å²) in [5.74, 6) is 0. The zero-order chi connectivity index (χ0) is 9.80. The van der Waals surface area contributed by atoms with Gasteiger partial charge in [-0.2, -0.15) is 9.36 Å². The quantitative estimate of drug-likeness (QED) is 0.812. The van der Waals surface area contributed by atoms with Crippen molar-refractivity contribution in [2.45, 2.75) is 5.16 Å². The van der Waals surface area contributed by atoms with E-state index in [1.54, 1.807) is 11.8 Å². The zero-order valence-corrected chi connectivity index (χ0v) is 9.23. The first-order valence-electron chi connectivity index (χ1n) is 4.08. The van der Waals surface area contributed by atoms with E-state index in [4.69, 9.17) is 0 Å². The second-order valence-electron chi connectivity index (χ2n) is 2.58. The molecule has 0 aliphatic rings. The van der Waals surface area contributed by atoms with Crippen LogP contribution in [0.2, 0.25) is 0 Å². The molecule has 0 spiro atoms. The van der Waals surface area contributed by atoms with E-state index in [9.17, 15) is 0 Å². The van der Waals surface area contributed by atoms with Gasteiger partial charge in [0.2, 0.25) is 10.3 Å². The smallest absolute Gasteiger partial charge is 0.207 e. The van der Waals surface area contributed by atoms with Crippen LogP contribution in [0.15, 0.2) is 35.5 Å². The molecule has 0 saturated carbocycles. The van der Waals surface area contributed by atoms with Crippen molar-refractivity contribution in [1.29, 1.82) is 0 Å². The molecule has 0 aliphatic heterocycles. The van der Waals surface area contributed by atoms with Gasteiger partial charge in [-0.05, 0) is 18.4 Å². The Bertz CT molecular complexity index is 399. The maximum atomic E-state index is 4.28. The van der Waals surface area contributed by atoms with Gasteiger partial charge < -0.3 is 5.32 Å². The number of hydrogen-bond donors (Lipinski definition) is 1. The number of thioether (sulfide) groups is 1. The molecule has 0 atom stereocenters. The first-order chi connectivity index (χ1) is 6.88. The van der Waals surface area contributed by atoms with Crippen molar-refractivity contribution in [2.75, 3.05) is 11.6 Å². The average Bonchev–Trinajstić information content (AvgIpc) is 2.67. The Morgan fingerprint density at radius 2 is 2.07 bits per heavy atom. The van der Waals surface area contributed by atoms with E-state index in [0.29, 0.717) is 0 Å². The van der Waals surface area contributed by atoms with Gasteiger partial charge in [-0.25, -0.2) is 0 Å². The summed E-state index contributed by atoms with van der Waals surface area (Å²) in [6.45, 7) is 0. The van der Waals surface area contributed by atoms with Crippen molar-refractivity contribution in [3.8, 4) is 0 Å². The molecular formula is C9H9N3S2. The zero-order valence-electron chi connectivity index (χ0n) is 7.60. The van der Waals surface area contributed by atoms with Crippen LogP contribution in [0.4, 0.5) is 10.8 Å². The molecule has 3 nitrogen and oxygen atoms in total. The number of nitrogens with one attached hydrogen (secondary N) is 1. The molecule has 0 fully saturated rings. The van der Waals surface area contributed by atoms with E-state index in [1.165, 1.54) is 11.5 Å². The minimum absolute atomic E-state index is 0.813. The van der Waals surface area contributed by atoms with Crippen molar-refractivity contribution >= 4 is 34.1 Å². The Morgan fingerprint density at radius 3 is 2.71 bits per heavy atom. The highest BCUT2D eigenvalue weighted by Crippen LogP contribution is 2.21. The molecule has 14 heavy (non-hydrogen) atoms. The van der Waals surface area contributed by atoms with Gasteiger partial charge in [0.1, 0.15) is 0 Å². The van der Waals surface area contributed by atoms with Gasteiger partial charge >= 0.3 is 0 Å². The molecule has 1 aromatic heterocycles. The molecule has 1 heterocycles. The van der Waals surface area contributed by atoms with E-state index < -0.39 is 0 Å². The molecule has 72 valence electrons. The number of benzene rings is 1. The van der Waals surface area contributed by atoms with Crippen LogP contribution >= 0.6 is 23.3 Å². The fourth-order valence-corrected chi connectivity index (χ4v) is 2.14. The van der Waals surface area contributed by atoms with Crippen LogP contribution in [0.3, 0.4) is 0 Å². The van der Waals surface area contributed by atoms with Gasteiger partial charge in [-0.15, -0.1) is 0 Å². The van der Waals surface area contributed by atoms with E-state index in [1.807, 2.05) is 36.6 Å². The lowest BCUT2D eigenvalue weighted by molar-refractivity contribution is 1.08. The summed E-state index contributed by atoms with van der Waals surface area (Å²) in [6, 6.07) is 9.95. The average molecular weight is 223 g/mol. The molecular weight excluding hydrogens is 214 g/mol. The molecule has 1 aromatic carbocycles. The fourth-order valence-electron chi connectivity index (χ4n) is 0.989. The number of aromatic nitrogens is 2. The van der Waals surface area contributed by atoms with Crippen LogP contribution in [0.1, 0.15) is 0 Å². The molecule has 0 bridgehead atoms. The molecule has 0 radical (unpaired) electrons. The Labute approximate surface area is 90.7 Å². The third-order valence-electron chi connectivity index (χ3n) is 1.62. The van der Waals surface area contributed by atoms with E-state index in [0.717, 1.165) is 16.0 Å². The minimum atomic E-state index is 0.813. The van der Waals surface area contributed by atoms with Gasteiger partial charge in [-0.3, -0.25) is 0 Å². The van der Waals surface area contributed by atoms with Gasteiger partial charge in [-0.1, -0.05) is 30.0 Å². The predicted octanol–water partition coefficient (Wildman–Crippen LogP) is 3.00. The van der Waals surface area contributed by atoms with Gasteiger partial charge in [0, 0.05) is 17.2 Å². The van der Waals surface area contributed by atoms with E-state index >= 15 is 0 Å². The summed E-state index contributed by atoms with van der Waals surface area (Å²) in [5.41, 5.74) is 1.04. The maximum absolute atomic E-state index is 4.28. The summed E-state index contributed by atoms with van der Waals surface area (Å²) >= 11 is 2.92. The number of hydrogen-bond acceptors (Lipinski definition) is 5. The van der Waals surface area contributed by atoms with Crippen molar-refractivity contribution < 1.29 is 0 Å². The predicted molar refractivity (Wildman–Crippen MR) is 61.4 cm³/mol. The standard InChI is InChI=1S/C9H9N3S2/c1-13-9-11-8(14-12-9)10-7-5-3-2-4-6-7/h2-6H,1H3,(H,10,11,12). The third-order valence-corrected chi connectivity index (χ3v) is 2.91. The first-order valence-corrected chi connectivity index (χ1v) is 6.08. The SMILES string of the molecule is CSc1nsc(Nc2ccccc2)n1. The summed E-state index contributed by atoms with van der Waals surface area (Å²) in [5, 5.41) is 4.84. The number of para-hydroxylation sites is 1. The van der Waals surface area contributed by atoms with Crippen molar-refractivity contribution in [1.82, 2.24) is 9.36 Å². The number of nitrogens with zero attached hydrogens (tertiary/aromatic N) is 2. The topological polar surface area (TPSA) is 37.8 Å². The van der Waals surface area contributed by atoms with Gasteiger partial charge in [0.05, 0.1) is 0 Å². The van der Waals surface area contributed by atoms with Crippen LogP contribution < -0.4 is 5.32 Å². The summed E-state index contributed by atoms with van der Waals surface area (Å²) in [6.07, 6.45) is 1.97. The molecule has 1 N–H and O–H groups in total. The largest absolute Gasteiger partial charge is 0.330 e. The Balaban J connectivity index is 2.11. The molecule has 0 amide bonds. The van der Waals surface area contributed by atoms with Crippen LogP contribution in [0, 0.1) is 0 Å². The second-order valence-corrected chi connectivity index (χ2v) is 4.10. The first kappa shape index (κ1) is 9.48. The fraction of sp³-hybridized carbons (Fsp3) is 0.111. The van der Waals surface area contributed by atoms with Gasteiger partial charge in [0.15, 0.2) is 0 Å². The lowest BCUT2D eigenvalue weighted by Crippen LogP contribution is -1.87. The third kappa shape index (κ3) is 2.24. The van der Waals surface area contributed by atoms with Crippen LogP contribution in [-0.2, 0) is 0 Å². The molecule has 0 unspecified atom stereocenters. The Kier molecular flexibility index (Phi) is 3.00. The lowest BCUT2D eigenvalue weighted by atomic mass is 10.3. The molecule has 2 rings (SSSR count). The molecule has 0 saturated heterocycles. The second kappa shape index (κ2) is 4.43. The normalized spacial score (nSPS) is 10.1. The molecule has 0 aliphatic carbocycles.